The minimum atomic E-state index is -1.21. The lowest BCUT2D eigenvalue weighted by molar-refractivity contribution is -0.140. The first-order valence-electron chi connectivity index (χ1n) is 11.7. The topological polar surface area (TPSA) is 101 Å². The van der Waals surface area contributed by atoms with Gasteiger partial charge in [0.15, 0.2) is 11.6 Å². The largest absolute Gasteiger partial charge is 0.480 e. The first kappa shape index (κ1) is 24.1. The van der Waals surface area contributed by atoms with Gasteiger partial charge in [0.25, 0.3) is 5.91 Å². The number of ether oxygens (including phenoxy) is 1. The third-order valence-electron chi connectivity index (χ3n) is 6.50. The maximum Gasteiger partial charge on any atom is 0.326 e. The Morgan fingerprint density at radius 3 is 2.79 bits per heavy atom. The predicted octanol–water partition coefficient (Wildman–Crippen LogP) is 3.72. The number of carbonyl (C=O) groups is 2. The van der Waals surface area contributed by atoms with E-state index in [1.807, 2.05) is 0 Å². The van der Waals surface area contributed by atoms with E-state index in [4.69, 9.17) is 9.72 Å². The Hall–Kier alpha value is -3.07. The molecule has 2 aliphatic rings. The van der Waals surface area contributed by atoms with Crippen molar-refractivity contribution in [2.45, 2.75) is 57.1 Å². The summed E-state index contributed by atoms with van der Waals surface area (Å²) in [6, 6.07) is 5.77. The van der Waals surface area contributed by atoms with E-state index in [1.165, 1.54) is 5.56 Å². The van der Waals surface area contributed by atoms with Gasteiger partial charge < -0.3 is 20.5 Å². The number of rotatable bonds is 10. The fourth-order valence-electron chi connectivity index (χ4n) is 4.40. The summed E-state index contributed by atoms with van der Waals surface area (Å²) in [6.45, 7) is 1.16. The number of pyridine rings is 1. The highest BCUT2D eigenvalue weighted by molar-refractivity contribution is 5.96. The number of carboxylic acid groups (broad SMARTS) is 1. The van der Waals surface area contributed by atoms with Crippen molar-refractivity contribution >= 4 is 17.7 Å². The second-order valence-corrected chi connectivity index (χ2v) is 8.99. The van der Waals surface area contributed by atoms with Crippen molar-refractivity contribution < 1.29 is 28.2 Å². The van der Waals surface area contributed by atoms with Crippen LogP contribution in [-0.4, -0.2) is 47.3 Å². The highest BCUT2D eigenvalue weighted by Gasteiger charge is 2.30. The van der Waals surface area contributed by atoms with Gasteiger partial charge in [-0.3, -0.25) is 4.79 Å². The van der Waals surface area contributed by atoms with Crippen LogP contribution in [0, 0.1) is 17.6 Å². The van der Waals surface area contributed by atoms with E-state index in [9.17, 15) is 23.5 Å². The Bertz CT molecular complexity index is 1040. The molecule has 1 aliphatic carbocycles. The van der Waals surface area contributed by atoms with Crippen LogP contribution in [0.4, 0.5) is 14.6 Å². The molecule has 9 heteroatoms. The average Bonchev–Trinajstić information content (AvgIpc) is 2.80. The standard InChI is InChI=1S/C25H29F2N3O4/c26-20-8-5-17(14-21(20)27)24(31)30-22(25(32)33)9-11-34-19-12-15(13-19)3-6-18-7-4-16-2-1-10-28-23(16)29-18/h4-5,7-8,14-15,19,22H,1-3,6,9-13H2,(H,28,29)(H,30,31)(H,32,33). The highest BCUT2D eigenvalue weighted by Crippen LogP contribution is 2.34. The summed E-state index contributed by atoms with van der Waals surface area (Å²) in [6.07, 6.45) is 6.18. The maximum absolute atomic E-state index is 13.3. The third-order valence-corrected chi connectivity index (χ3v) is 6.50. The molecule has 4 rings (SSSR count). The van der Waals surface area contributed by atoms with Gasteiger partial charge in [-0.2, -0.15) is 0 Å². The van der Waals surface area contributed by atoms with Crippen LogP contribution in [0.1, 0.15) is 53.7 Å². The number of nitrogens with one attached hydrogen (secondary N) is 2. The first-order chi connectivity index (χ1) is 16.4. The van der Waals surface area contributed by atoms with Gasteiger partial charge in [0.05, 0.1) is 6.10 Å². The lowest BCUT2D eigenvalue weighted by atomic mass is 9.79. The highest BCUT2D eigenvalue weighted by atomic mass is 19.2. The minimum absolute atomic E-state index is 0.0813. The van der Waals surface area contributed by atoms with E-state index < -0.39 is 29.6 Å². The number of amides is 1. The fourth-order valence-corrected chi connectivity index (χ4v) is 4.40. The molecule has 0 radical (unpaired) electrons. The Balaban J connectivity index is 1.15. The van der Waals surface area contributed by atoms with Crippen LogP contribution in [0.25, 0.3) is 0 Å². The van der Waals surface area contributed by atoms with Crippen LogP contribution in [0.15, 0.2) is 30.3 Å². The number of benzene rings is 1. The monoisotopic (exact) mass is 473 g/mol. The number of carboxylic acids is 1. The van der Waals surface area contributed by atoms with Crippen molar-refractivity contribution in [3.63, 3.8) is 0 Å². The molecule has 2 heterocycles. The summed E-state index contributed by atoms with van der Waals surface area (Å²) in [5.41, 5.74) is 2.24. The smallest absolute Gasteiger partial charge is 0.326 e. The number of anilines is 1. The number of aryl methyl sites for hydroxylation is 2. The van der Waals surface area contributed by atoms with Crippen LogP contribution < -0.4 is 10.6 Å². The van der Waals surface area contributed by atoms with Crippen molar-refractivity contribution in [2.75, 3.05) is 18.5 Å². The lowest BCUT2D eigenvalue weighted by Gasteiger charge is -2.35. The van der Waals surface area contributed by atoms with Crippen LogP contribution in [0.5, 0.6) is 0 Å². The van der Waals surface area contributed by atoms with E-state index in [1.54, 1.807) is 0 Å². The Labute approximate surface area is 196 Å². The van der Waals surface area contributed by atoms with Crippen molar-refractivity contribution in [3.05, 3.63) is 58.8 Å². The van der Waals surface area contributed by atoms with Crippen LogP contribution in [0.3, 0.4) is 0 Å². The van der Waals surface area contributed by atoms with E-state index >= 15 is 0 Å². The normalized spacial score (nSPS) is 19.9. The maximum atomic E-state index is 13.3. The van der Waals surface area contributed by atoms with Crippen LogP contribution in [0.2, 0.25) is 0 Å². The van der Waals surface area contributed by atoms with Crippen molar-refractivity contribution in [1.29, 1.82) is 0 Å². The molecule has 1 fully saturated rings. The number of hydrogen-bond donors (Lipinski definition) is 3. The lowest BCUT2D eigenvalue weighted by Crippen LogP contribution is -2.42. The zero-order valence-electron chi connectivity index (χ0n) is 18.9. The quantitative estimate of drug-likeness (QED) is 0.486. The Morgan fingerprint density at radius 2 is 2.03 bits per heavy atom. The van der Waals surface area contributed by atoms with E-state index in [0.717, 1.165) is 74.8 Å². The molecule has 0 spiro atoms. The molecule has 2 aromatic rings. The van der Waals surface area contributed by atoms with Gasteiger partial charge in [-0.05, 0) is 74.3 Å². The van der Waals surface area contributed by atoms with Gasteiger partial charge in [-0.1, -0.05) is 6.07 Å². The minimum Gasteiger partial charge on any atom is -0.480 e. The van der Waals surface area contributed by atoms with Gasteiger partial charge in [0.2, 0.25) is 0 Å². The second kappa shape index (κ2) is 10.9. The molecule has 1 amide bonds. The van der Waals surface area contributed by atoms with Gasteiger partial charge in [0, 0.05) is 30.8 Å². The van der Waals surface area contributed by atoms with E-state index in [2.05, 4.69) is 22.8 Å². The number of nitrogens with zero attached hydrogens (tertiary/aromatic N) is 1. The predicted molar refractivity (Wildman–Crippen MR) is 122 cm³/mol. The van der Waals surface area contributed by atoms with Gasteiger partial charge in [-0.25, -0.2) is 18.6 Å². The summed E-state index contributed by atoms with van der Waals surface area (Å²) < 4.78 is 32.1. The molecule has 182 valence electrons. The molecule has 7 nitrogen and oxygen atoms in total. The molecule has 0 bridgehead atoms. The third kappa shape index (κ3) is 6.08. The number of fused-ring (bicyclic) bond motifs is 1. The molecule has 1 aromatic carbocycles. The number of halogens is 2. The SMILES string of the molecule is O=C(NC(CCOC1CC(CCc2ccc3c(n2)NCCC3)C1)C(=O)O)c1ccc(F)c(F)c1. The average molecular weight is 474 g/mol. The molecule has 1 aromatic heterocycles. The van der Waals surface area contributed by atoms with E-state index in [-0.39, 0.29) is 24.7 Å². The zero-order valence-corrected chi connectivity index (χ0v) is 18.9. The molecule has 1 atom stereocenters. The summed E-state index contributed by atoms with van der Waals surface area (Å²) in [4.78, 5) is 28.4. The van der Waals surface area contributed by atoms with E-state index in [0.29, 0.717) is 5.92 Å². The number of aromatic nitrogens is 1. The molecule has 1 aliphatic heterocycles. The van der Waals surface area contributed by atoms with Crippen molar-refractivity contribution in [1.82, 2.24) is 10.3 Å². The fraction of sp³-hybridized carbons (Fsp3) is 0.480. The molecule has 0 saturated heterocycles. The summed E-state index contributed by atoms with van der Waals surface area (Å²) >= 11 is 0. The Morgan fingerprint density at radius 1 is 1.21 bits per heavy atom. The number of aliphatic carboxylic acids is 1. The van der Waals surface area contributed by atoms with Gasteiger partial charge >= 0.3 is 5.97 Å². The number of hydrogen-bond acceptors (Lipinski definition) is 5. The second-order valence-electron chi connectivity index (χ2n) is 8.99. The molecule has 3 N–H and O–H groups in total. The summed E-state index contributed by atoms with van der Waals surface area (Å²) in [5.74, 6) is -2.66. The van der Waals surface area contributed by atoms with Crippen LogP contribution in [-0.2, 0) is 22.4 Å². The van der Waals surface area contributed by atoms with Gasteiger partial charge in [0.1, 0.15) is 11.9 Å². The molecule has 1 unspecified atom stereocenters. The molecule has 34 heavy (non-hydrogen) atoms. The summed E-state index contributed by atoms with van der Waals surface area (Å²) in [7, 11) is 0. The molecular formula is C25H29F2N3O4. The molecular weight excluding hydrogens is 444 g/mol. The molecule has 1 saturated carbocycles. The van der Waals surface area contributed by atoms with Gasteiger partial charge in [-0.15, -0.1) is 0 Å². The van der Waals surface area contributed by atoms with Crippen LogP contribution >= 0.6 is 0 Å². The zero-order chi connectivity index (χ0) is 24.1. The number of carbonyl (C=O) groups excluding carboxylic acids is 1. The van der Waals surface area contributed by atoms with Crippen molar-refractivity contribution in [3.8, 4) is 0 Å². The first-order valence-corrected chi connectivity index (χ1v) is 11.7. The summed E-state index contributed by atoms with van der Waals surface area (Å²) in [5, 5.41) is 15.1. The Kier molecular flexibility index (Phi) is 7.72. The van der Waals surface area contributed by atoms with Crippen molar-refractivity contribution in [2.24, 2.45) is 5.92 Å².